The van der Waals surface area contributed by atoms with E-state index in [2.05, 4.69) is 23.8 Å². The lowest BCUT2D eigenvalue weighted by Gasteiger charge is -2.34. The highest BCUT2D eigenvalue weighted by molar-refractivity contribution is 7.99. The minimum atomic E-state index is -0.161. The number of hydrogen-bond acceptors (Lipinski definition) is 4. The van der Waals surface area contributed by atoms with Crippen molar-refractivity contribution in [1.82, 2.24) is 14.9 Å². The van der Waals surface area contributed by atoms with E-state index in [1.165, 1.54) is 18.2 Å². The van der Waals surface area contributed by atoms with Gasteiger partial charge in [0.2, 0.25) is 5.91 Å². The number of H-pyrrole nitrogens is 1. The third kappa shape index (κ3) is 3.75. The minimum absolute atomic E-state index is 0.115. The zero-order valence-electron chi connectivity index (χ0n) is 13.4. The molecule has 1 saturated heterocycles. The van der Waals surface area contributed by atoms with Gasteiger partial charge in [0.25, 0.3) is 5.56 Å². The molecule has 0 unspecified atom stereocenters. The molecule has 122 valence electrons. The van der Waals surface area contributed by atoms with Crippen molar-refractivity contribution in [3.8, 4) is 0 Å². The number of aromatic nitrogens is 2. The molecule has 0 spiro atoms. The molecule has 2 atom stereocenters. The summed E-state index contributed by atoms with van der Waals surface area (Å²) in [6.45, 7) is 6.02. The molecule has 23 heavy (non-hydrogen) atoms. The zero-order chi connectivity index (χ0) is 16.4. The van der Waals surface area contributed by atoms with Crippen LogP contribution in [0.1, 0.15) is 20.3 Å². The number of nitrogens with zero attached hydrogens (tertiary/aromatic N) is 2. The van der Waals surface area contributed by atoms with Crippen LogP contribution in [0.2, 0.25) is 0 Å². The second kappa shape index (κ2) is 6.74. The summed E-state index contributed by atoms with van der Waals surface area (Å²) >= 11 is 1.30. The Balaban J connectivity index is 1.68. The fourth-order valence-corrected chi connectivity index (χ4v) is 3.99. The van der Waals surface area contributed by atoms with Crippen LogP contribution < -0.4 is 5.56 Å². The van der Waals surface area contributed by atoms with Gasteiger partial charge >= 0.3 is 0 Å². The molecule has 1 aliphatic heterocycles. The van der Waals surface area contributed by atoms with Gasteiger partial charge < -0.3 is 9.88 Å². The molecule has 2 heterocycles. The Bertz CT molecular complexity index is 764. The molecule has 1 aromatic carbocycles. The number of amides is 1. The van der Waals surface area contributed by atoms with E-state index in [1.807, 2.05) is 23.1 Å². The normalized spacial score (nSPS) is 21.6. The van der Waals surface area contributed by atoms with E-state index in [0.29, 0.717) is 33.6 Å². The Morgan fingerprint density at radius 3 is 2.74 bits per heavy atom. The maximum absolute atomic E-state index is 12.4. The highest BCUT2D eigenvalue weighted by atomic mass is 32.2. The first kappa shape index (κ1) is 16.1. The standard InChI is InChI=1S/C17H21N3O2S/c1-11-7-12(2)9-20(8-11)15(21)10-23-17-18-14-6-4-3-5-13(14)16(22)19-17/h3-6,11-12H,7-10H2,1-2H3,(H,18,19,22)/t11-,12+. The van der Waals surface area contributed by atoms with Gasteiger partial charge in [-0.15, -0.1) is 0 Å². The van der Waals surface area contributed by atoms with Crippen molar-refractivity contribution in [1.29, 1.82) is 0 Å². The lowest BCUT2D eigenvalue weighted by atomic mass is 9.92. The van der Waals surface area contributed by atoms with Crippen LogP contribution in [0.5, 0.6) is 0 Å². The fraction of sp³-hybridized carbons (Fsp3) is 0.471. The largest absolute Gasteiger partial charge is 0.341 e. The lowest BCUT2D eigenvalue weighted by Crippen LogP contribution is -2.43. The predicted molar refractivity (Wildman–Crippen MR) is 92.6 cm³/mol. The lowest BCUT2D eigenvalue weighted by molar-refractivity contribution is -0.130. The van der Waals surface area contributed by atoms with Crippen molar-refractivity contribution >= 4 is 28.6 Å². The summed E-state index contributed by atoms with van der Waals surface area (Å²) in [4.78, 5) is 33.5. The number of fused-ring (bicyclic) bond motifs is 1. The molecule has 5 nitrogen and oxygen atoms in total. The van der Waals surface area contributed by atoms with Gasteiger partial charge in [0.05, 0.1) is 16.7 Å². The Labute approximate surface area is 139 Å². The quantitative estimate of drug-likeness (QED) is 0.693. The SMILES string of the molecule is C[C@@H]1C[C@H](C)CN(C(=O)CSc2nc3ccccc3c(=O)[nH]2)C1. The van der Waals surface area contributed by atoms with Crippen molar-refractivity contribution in [2.45, 2.75) is 25.4 Å². The number of hydrogen-bond donors (Lipinski definition) is 1. The first-order valence-corrected chi connectivity index (χ1v) is 8.91. The van der Waals surface area contributed by atoms with E-state index in [4.69, 9.17) is 0 Å². The van der Waals surface area contributed by atoms with Gasteiger partial charge in [0, 0.05) is 13.1 Å². The second-order valence-corrected chi connectivity index (χ2v) is 7.39. The maximum Gasteiger partial charge on any atom is 0.259 e. The Hall–Kier alpha value is -1.82. The van der Waals surface area contributed by atoms with Gasteiger partial charge in [-0.3, -0.25) is 9.59 Å². The third-order valence-corrected chi connectivity index (χ3v) is 5.00. The number of carbonyl (C=O) groups is 1. The number of nitrogens with one attached hydrogen (secondary N) is 1. The molecule has 1 aliphatic rings. The van der Waals surface area contributed by atoms with Crippen LogP contribution in [-0.2, 0) is 4.79 Å². The van der Waals surface area contributed by atoms with Crippen molar-refractivity contribution in [2.24, 2.45) is 11.8 Å². The average Bonchev–Trinajstić information content (AvgIpc) is 2.52. The van der Waals surface area contributed by atoms with E-state index in [-0.39, 0.29) is 11.5 Å². The molecule has 1 fully saturated rings. The van der Waals surface area contributed by atoms with Gasteiger partial charge in [-0.25, -0.2) is 4.98 Å². The molecular formula is C17H21N3O2S. The van der Waals surface area contributed by atoms with Crippen LogP contribution >= 0.6 is 11.8 Å². The zero-order valence-corrected chi connectivity index (χ0v) is 14.2. The predicted octanol–water partition coefficient (Wildman–Crippen LogP) is 2.52. The third-order valence-electron chi connectivity index (χ3n) is 4.15. The molecule has 0 aliphatic carbocycles. The van der Waals surface area contributed by atoms with E-state index in [1.54, 1.807) is 6.07 Å². The average molecular weight is 331 g/mol. The minimum Gasteiger partial charge on any atom is -0.341 e. The van der Waals surface area contributed by atoms with Crippen LogP contribution in [0.3, 0.4) is 0 Å². The summed E-state index contributed by atoms with van der Waals surface area (Å²) in [5, 5.41) is 1.07. The van der Waals surface area contributed by atoms with Crippen LogP contribution in [0, 0.1) is 11.8 Å². The maximum atomic E-state index is 12.4. The summed E-state index contributed by atoms with van der Waals surface area (Å²) in [5.41, 5.74) is 0.497. The van der Waals surface area contributed by atoms with Crippen molar-refractivity contribution in [3.63, 3.8) is 0 Å². The Kier molecular flexibility index (Phi) is 4.71. The monoisotopic (exact) mass is 331 g/mol. The van der Waals surface area contributed by atoms with Gasteiger partial charge in [0.15, 0.2) is 5.16 Å². The molecule has 0 bridgehead atoms. The number of thioether (sulfide) groups is 1. The number of likely N-dealkylation sites (tertiary alicyclic amines) is 1. The number of piperidine rings is 1. The molecule has 2 aromatic rings. The molecule has 3 rings (SSSR count). The summed E-state index contributed by atoms with van der Waals surface area (Å²) in [6, 6.07) is 7.22. The first-order chi connectivity index (χ1) is 11.0. The smallest absolute Gasteiger partial charge is 0.259 e. The molecule has 1 aromatic heterocycles. The van der Waals surface area contributed by atoms with Gasteiger partial charge in [-0.05, 0) is 30.4 Å². The molecule has 0 radical (unpaired) electrons. The molecule has 6 heteroatoms. The van der Waals surface area contributed by atoms with Crippen molar-refractivity contribution in [3.05, 3.63) is 34.6 Å². The fourth-order valence-electron chi connectivity index (χ4n) is 3.22. The summed E-state index contributed by atoms with van der Waals surface area (Å²) in [5.74, 6) is 1.52. The second-order valence-electron chi connectivity index (χ2n) is 6.42. The van der Waals surface area contributed by atoms with E-state index in [9.17, 15) is 9.59 Å². The first-order valence-electron chi connectivity index (χ1n) is 7.92. The summed E-state index contributed by atoms with van der Waals surface area (Å²) in [6.07, 6.45) is 1.18. The summed E-state index contributed by atoms with van der Waals surface area (Å²) in [7, 11) is 0. The van der Waals surface area contributed by atoms with E-state index in [0.717, 1.165) is 13.1 Å². The Morgan fingerprint density at radius 2 is 2.00 bits per heavy atom. The number of benzene rings is 1. The van der Waals surface area contributed by atoms with Crippen LogP contribution in [0.15, 0.2) is 34.2 Å². The van der Waals surface area contributed by atoms with Crippen molar-refractivity contribution < 1.29 is 4.79 Å². The number of carbonyl (C=O) groups excluding carboxylic acids is 1. The molecular weight excluding hydrogens is 310 g/mol. The number of rotatable bonds is 3. The summed E-state index contributed by atoms with van der Waals surface area (Å²) < 4.78 is 0. The van der Waals surface area contributed by atoms with Gasteiger partial charge in [-0.1, -0.05) is 37.7 Å². The van der Waals surface area contributed by atoms with Crippen LogP contribution in [-0.4, -0.2) is 39.6 Å². The number of aromatic amines is 1. The van der Waals surface area contributed by atoms with Crippen LogP contribution in [0.25, 0.3) is 10.9 Å². The van der Waals surface area contributed by atoms with E-state index < -0.39 is 0 Å². The molecule has 1 N–H and O–H groups in total. The van der Waals surface area contributed by atoms with Gasteiger partial charge in [-0.2, -0.15) is 0 Å². The highest BCUT2D eigenvalue weighted by Gasteiger charge is 2.25. The van der Waals surface area contributed by atoms with Gasteiger partial charge in [0.1, 0.15) is 0 Å². The molecule has 1 amide bonds. The Morgan fingerprint density at radius 1 is 1.30 bits per heavy atom. The van der Waals surface area contributed by atoms with E-state index >= 15 is 0 Å². The topological polar surface area (TPSA) is 66.1 Å². The highest BCUT2D eigenvalue weighted by Crippen LogP contribution is 2.22. The molecule has 0 saturated carbocycles. The van der Waals surface area contributed by atoms with Crippen molar-refractivity contribution in [2.75, 3.05) is 18.8 Å². The van der Waals surface area contributed by atoms with Crippen LogP contribution in [0.4, 0.5) is 0 Å². The number of para-hydroxylation sites is 1.